The van der Waals surface area contributed by atoms with Crippen LogP contribution in [-0.4, -0.2) is 5.78 Å². The van der Waals surface area contributed by atoms with E-state index in [2.05, 4.69) is 13.8 Å². The Morgan fingerprint density at radius 2 is 1.25 bits per heavy atom. The summed E-state index contributed by atoms with van der Waals surface area (Å²) >= 11 is 0. The highest BCUT2D eigenvalue weighted by Gasteiger charge is 1.62. The molecule has 0 saturated carbocycles. The average molecular weight is 118 g/mol. The standard InChI is InChI=1S/C3H6O.C3H8.CH4/c1-3(2)4;1-3-2;/h1-2H3;3H2,1-2H3;1H4. The van der Waals surface area contributed by atoms with Gasteiger partial charge in [0, 0.05) is 0 Å². The van der Waals surface area contributed by atoms with Crippen LogP contribution in [0.2, 0.25) is 0 Å². The van der Waals surface area contributed by atoms with Crippen LogP contribution in [0.25, 0.3) is 0 Å². The van der Waals surface area contributed by atoms with Gasteiger partial charge < -0.3 is 4.79 Å². The van der Waals surface area contributed by atoms with Crippen molar-refractivity contribution in [1.82, 2.24) is 0 Å². The lowest BCUT2D eigenvalue weighted by molar-refractivity contribution is -0.114. The maximum atomic E-state index is 9.44. The van der Waals surface area contributed by atoms with Crippen molar-refractivity contribution in [1.29, 1.82) is 0 Å². The summed E-state index contributed by atoms with van der Waals surface area (Å²) in [5.74, 6) is 0.167. The SMILES string of the molecule is C.CC(C)=O.CCC. The van der Waals surface area contributed by atoms with E-state index in [0.717, 1.165) is 0 Å². The van der Waals surface area contributed by atoms with E-state index in [9.17, 15) is 4.79 Å². The van der Waals surface area contributed by atoms with E-state index in [0.29, 0.717) is 0 Å². The number of ketones is 1. The average Bonchev–Trinajstić information content (AvgIpc) is 1.33. The van der Waals surface area contributed by atoms with Crippen molar-refractivity contribution in [2.75, 3.05) is 0 Å². The highest BCUT2D eigenvalue weighted by molar-refractivity contribution is 5.72. The third kappa shape index (κ3) is 1140. The van der Waals surface area contributed by atoms with Gasteiger partial charge in [-0.3, -0.25) is 0 Å². The van der Waals surface area contributed by atoms with Gasteiger partial charge in [-0.05, 0) is 13.8 Å². The van der Waals surface area contributed by atoms with Gasteiger partial charge >= 0.3 is 0 Å². The molecule has 0 amide bonds. The molecular weight excluding hydrogens is 100 g/mol. The van der Waals surface area contributed by atoms with Crippen molar-refractivity contribution in [3.8, 4) is 0 Å². The monoisotopic (exact) mass is 118 g/mol. The molecule has 0 heterocycles. The van der Waals surface area contributed by atoms with E-state index in [4.69, 9.17) is 0 Å². The smallest absolute Gasteiger partial charge is 0.126 e. The Balaban J connectivity index is -0.0000000575. The van der Waals surface area contributed by atoms with Crippen LogP contribution in [0.5, 0.6) is 0 Å². The first-order valence-electron chi connectivity index (χ1n) is 2.62. The van der Waals surface area contributed by atoms with Crippen LogP contribution in [0.15, 0.2) is 0 Å². The predicted molar refractivity (Wildman–Crippen MR) is 39.1 cm³/mol. The maximum Gasteiger partial charge on any atom is 0.126 e. The summed E-state index contributed by atoms with van der Waals surface area (Å²) in [7, 11) is 0. The van der Waals surface area contributed by atoms with Gasteiger partial charge in [0.25, 0.3) is 0 Å². The molecule has 0 aromatic rings. The van der Waals surface area contributed by atoms with E-state index in [1.807, 2.05) is 0 Å². The molecule has 0 aliphatic heterocycles. The molecule has 0 aliphatic rings. The van der Waals surface area contributed by atoms with E-state index < -0.39 is 0 Å². The molecule has 0 rings (SSSR count). The van der Waals surface area contributed by atoms with Gasteiger partial charge in [-0.15, -0.1) is 0 Å². The summed E-state index contributed by atoms with van der Waals surface area (Å²) in [5.41, 5.74) is 0. The molecule has 0 aromatic carbocycles. The molecule has 1 nitrogen and oxygen atoms in total. The summed E-state index contributed by atoms with van der Waals surface area (Å²) in [6.45, 7) is 7.31. The van der Waals surface area contributed by atoms with Gasteiger partial charge in [0.05, 0.1) is 0 Å². The molecule has 0 aromatic heterocycles. The minimum absolute atomic E-state index is 0. The third-order valence-electron chi connectivity index (χ3n) is 0. The van der Waals surface area contributed by atoms with Crippen LogP contribution in [0.4, 0.5) is 0 Å². The Labute approximate surface area is 53.1 Å². The largest absolute Gasteiger partial charge is 0.300 e. The molecule has 0 atom stereocenters. The highest BCUT2D eigenvalue weighted by Crippen LogP contribution is 1.56. The lowest BCUT2D eigenvalue weighted by atomic mass is 10.6. The Bertz CT molecular complexity index is 35.7. The fourth-order valence-electron chi connectivity index (χ4n) is 0. The summed E-state index contributed by atoms with van der Waals surface area (Å²) < 4.78 is 0. The number of carbonyl (C=O) groups excluding carboxylic acids is 1. The molecule has 0 bridgehead atoms. The zero-order valence-electron chi connectivity index (χ0n) is 5.62. The van der Waals surface area contributed by atoms with Gasteiger partial charge in [-0.2, -0.15) is 0 Å². The number of hydrogen-bond acceptors (Lipinski definition) is 1. The van der Waals surface area contributed by atoms with Crippen molar-refractivity contribution in [3.05, 3.63) is 0 Å². The molecule has 0 N–H and O–H groups in total. The lowest BCUT2D eigenvalue weighted by Gasteiger charge is -1.56. The topological polar surface area (TPSA) is 17.1 Å². The third-order valence-corrected chi connectivity index (χ3v) is 0. The molecule has 52 valence electrons. The number of Topliss-reactive ketones (excluding diaryl/α,β-unsaturated/α-hetero) is 1. The Morgan fingerprint density at radius 3 is 1.25 bits per heavy atom. The van der Waals surface area contributed by atoms with Crippen LogP contribution >= 0.6 is 0 Å². The van der Waals surface area contributed by atoms with Gasteiger partial charge in [0.2, 0.25) is 0 Å². The Kier molecular flexibility index (Phi) is 31.1. The van der Waals surface area contributed by atoms with E-state index >= 15 is 0 Å². The first-order valence-corrected chi connectivity index (χ1v) is 2.62. The van der Waals surface area contributed by atoms with Gasteiger partial charge in [0.1, 0.15) is 5.78 Å². The second-order valence-electron chi connectivity index (χ2n) is 1.62. The summed E-state index contributed by atoms with van der Waals surface area (Å²) in [6, 6.07) is 0. The van der Waals surface area contributed by atoms with E-state index in [1.54, 1.807) is 0 Å². The minimum atomic E-state index is 0. The zero-order valence-corrected chi connectivity index (χ0v) is 5.62. The second kappa shape index (κ2) is 15.9. The first kappa shape index (κ1) is 15.6. The van der Waals surface area contributed by atoms with Crippen LogP contribution < -0.4 is 0 Å². The molecule has 0 aliphatic carbocycles. The van der Waals surface area contributed by atoms with Crippen LogP contribution in [0.3, 0.4) is 0 Å². The van der Waals surface area contributed by atoms with E-state index in [-0.39, 0.29) is 13.2 Å². The maximum absolute atomic E-state index is 9.44. The van der Waals surface area contributed by atoms with Crippen LogP contribution in [0, 0.1) is 0 Å². The van der Waals surface area contributed by atoms with Crippen LogP contribution in [0.1, 0.15) is 41.5 Å². The number of carbonyl (C=O) groups is 1. The zero-order chi connectivity index (χ0) is 6.28. The predicted octanol–water partition coefficient (Wildman–Crippen LogP) is 2.65. The van der Waals surface area contributed by atoms with Gasteiger partial charge in [0.15, 0.2) is 0 Å². The van der Waals surface area contributed by atoms with Crippen LogP contribution in [-0.2, 0) is 4.79 Å². The molecule has 1 heteroatoms. The number of rotatable bonds is 0. The summed E-state index contributed by atoms with van der Waals surface area (Å²) in [4.78, 5) is 9.44. The first-order chi connectivity index (χ1) is 3.15. The molecule has 8 heavy (non-hydrogen) atoms. The normalized spacial score (nSPS) is 5.50. The lowest BCUT2D eigenvalue weighted by Crippen LogP contribution is -1.69. The molecule has 0 spiro atoms. The fraction of sp³-hybridized carbons (Fsp3) is 0.857. The molecular formula is C7H18O. The fourth-order valence-corrected chi connectivity index (χ4v) is 0. The molecule has 0 fully saturated rings. The number of hydrogen-bond donors (Lipinski definition) is 0. The van der Waals surface area contributed by atoms with Crippen molar-refractivity contribution >= 4 is 5.78 Å². The van der Waals surface area contributed by atoms with Crippen molar-refractivity contribution in [2.24, 2.45) is 0 Å². The van der Waals surface area contributed by atoms with Crippen molar-refractivity contribution < 1.29 is 4.79 Å². The molecule has 0 radical (unpaired) electrons. The highest BCUT2D eigenvalue weighted by atomic mass is 16.1. The van der Waals surface area contributed by atoms with E-state index in [1.165, 1.54) is 20.3 Å². The Hall–Kier alpha value is -0.330. The van der Waals surface area contributed by atoms with Gasteiger partial charge in [-0.1, -0.05) is 27.7 Å². The Morgan fingerprint density at radius 1 is 1.25 bits per heavy atom. The van der Waals surface area contributed by atoms with Crippen molar-refractivity contribution in [3.63, 3.8) is 0 Å². The van der Waals surface area contributed by atoms with Gasteiger partial charge in [-0.25, -0.2) is 0 Å². The minimum Gasteiger partial charge on any atom is -0.300 e. The van der Waals surface area contributed by atoms with Crippen molar-refractivity contribution in [2.45, 2.75) is 41.5 Å². The molecule has 0 unspecified atom stereocenters. The quantitative estimate of drug-likeness (QED) is 0.478. The molecule has 0 saturated heterocycles. The second-order valence-corrected chi connectivity index (χ2v) is 1.62. The summed E-state index contributed by atoms with van der Waals surface area (Å²) in [5, 5.41) is 0. The summed E-state index contributed by atoms with van der Waals surface area (Å²) in [6.07, 6.45) is 1.25.